The topological polar surface area (TPSA) is 76.0 Å². The molecular weight excluding hydrogens is 416 g/mol. The molecule has 1 unspecified atom stereocenters. The van der Waals surface area contributed by atoms with Crippen molar-refractivity contribution in [3.8, 4) is 5.75 Å². The number of hydrogen-bond acceptors (Lipinski definition) is 5. The Balaban J connectivity index is 1.60. The van der Waals surface area contributed by atoms with E-state index >= 15 is 0 Å². The fourth-order valence-electron chi connectivity index (χ4n) is 5.45. The Labute approximate surface area is 191 Å². The summed E-state index contributed by atoms with van der Waals surface area (Å²) in [7, 11) is 0. The van der Waals surface area contributed by atoms with Gasteiger partial charge >= 0.3 is 5.97 Å². The normalized spacial score (nSPS) is 26.6. The lowest BCUT2D eigenvalue weighted by molar-refractivity contribution is -0.147. The van der Waals surface area contributed by atoms with E-state index in [1.807, 2.05) is 12.1 Å². The molecule has 0 radical (unpaired) electrons. The highest BCUT2D eigenvalue weighted by Gasteiger charge is 2.44. The van der Waals surface area contributed by atoms with Gasteiger partial charge in [-0.2, -0.15) is 0 Å². The van der Waals surface area contributed by atoms with Crippen LogP contribution in [-0.4, -0.2) is 40.6 Å². The van der Waals surface area contributed by atoms with Crippen molar-refractivity contribution in [2.75, 3.05) is 6.61 Å². The van der Waals surface area contributed by atoms with Crippen LogP contribution < -0.4 is 4.74 Å². The Morgan fingerprint density at radius 1 is 1.26 bits per heavy atom. The minimum atomic E-state index is -0.677. The van der Waals surface area contributed by atoms with E-state index in [9.17, 15) is 15.0 Å². The fraction of sp³-hybridized carbons (Fsp3) is 0.720. The molecule has 0 amide bonds. The van der Waals surface area contributed by atoms with E-state index in [1.165, 1.54) is 5.56 Å². The third-order valence-corrected chi connectivity index (χ3v) is 7.05. The number of alkyl halides is 1. The number of carbonyl (C=O) groups is 1. The lowest BCUT2D eigenvalue weighted by atomic mass is 9.73. The van der Waals surface area contributed by atoms with Crippen LogP contribution in [0.25, 0.3) is 0 Å². The number of rotatable bonds is 11. The number of hydrogen-bond donors (Lipinski definition) is 2. The number of esters is 1. The highest BCUT2D eigenvalue weighted by molar-refractivity contribution is 6.19. The predicted octanol–water partition coefficient (Wildman–Crippen LogP) is 4.63. The molecule has 0 saturated heterocycles. The van der Waals surface area contributed by atoms with Crippen molar-refractivity contribution in [2.45, 2.75) is 89.4 Å². The molecule has 3 rings (SSSR count). The molecule has 2 aliphatic rings. The first-order valence-corrected chi connectivity index (χ1v) is 12.3. The maximum Gasteiger partial charge on any atom is 0.345 e. The zero-order valence-corrected chi connectivity index (χ0v) is 19.5. The van der Waals surface area contributed by atoms with Crippen LogP contribution in [0.3, 0.4) is 0 Å². The van der Waals surface area contributed by atoms with Gasteiger partial charge in [0, 0.05) is 0 Å². The molecule has 6 atom stereocenters. The molecule has 2 N–H and O–H groups in total. The van der Waals surface area contributed by atoms with Crippen LogP contribution >= 0.6 is 11.6 Å². The average Bonchev–Trinajstić information content (AvgIpc) is 3.02. The van der Waals surface area contributed by atoms with Crippen molar-refractivity contribution in [1.82, 2.24) is 0 Å². The van der Waals surface area contributed by atoms with Crippen LogP contribution in [0.15, 0.2) is 18.2 Å². The standard InChI is InChI=1S/C25H37ClO5/c1-3-4-5-8-19(27)10-11-20-21-12-17-7-6-9-24(30-15-25(29)31-16(2)26)22(17)13-18(21)14-23(20)28/h6-7,9,16,18-21,23,27-28H,3-5,8,10-15H2,1-2H3/t16?,18-,19-,20+,21-,23+/m0/s1. The van der Waals surface area contributed by atoms with Gasteiger partial charge in [-0.1, -0.05) is 49.9 Å². The minimum Gasteiger partial charge on any atom is -0.482 e. The molecule has 2 aliphatic carbocycles. The molecule has 1 saturated carbocycles. The van der Waals surface area contributed by atoms with Gasteiger partial charge in [0.1, 0.15) is 5.75 Å². The molecule has 174 valence electrons. The summed E-state index contributed by atoms with van der Waals surface area (Å²) < 4.78 is 10.7. The number of aliphatic hydroxyl groups is 2. The lowest BCUT2D eigenvalue weighted by Gasteiger charge is -2.32. The zero-order chi connectivity index (χ0) is 22.4. The molecule has 0 aliphatic heterocycles. The molecule has 0 spiro atoms. The Morgan fingerprint density at radius 3 is 2.81 bits per heavy atom. The van der Waals surface area contributed by atoms with Crippen LogP contribution in [0.2, 0.25) is 0 Å². The number of unbranched alkanes of at least 4 members (excludes halogenated alkanes) is 2. The second kappa shape index (κ2) is 11.5. The fourth-order valence-corrected chi connectivity index (χ4v) is 5.55. The van der Waals surface area contributed by atoms with Crippen LogP contribution in [0.5, 0.6) is 5.75 Å². The smallest absolute Gasteiger partial charge is 0.345 e. The molecule has 1 aromatic rings. The Morgan fingerprint density at radius 2 is 2.06 bits per heavy atom. The van der Waals surface area contributed by atoms with Crippen LogP contribution in [0.1, 0.15) is 69.9 Å². The van der Waals surface area contributed by atoms with Gasteiger partial charge in [-0.05, 0) is 80.4 Å². The average molecular weight is 453 g/mol. The van der Waals surface area contributed by atoms with Crippen molar-refractivity contribution in [2.24, 2.45) is 17.8 Å². The number of aliphatic hydroxyl groups excluding tert-OH is 2. The summed E-state index contributed by atoms with van der Waals surface area (Å²) in [5, 5.41) is 21.1. The van der Waals surface area contributed by atoms with Gasteiger partial charge in [-0.15, -0.1) is 0 Å². The zero-order valence-electron chi connectivity index (χ0n) is 18.8. The van der Waals surface area contributed by atoms with Crippen molar-refractivity contribution >= 4 is 17.6 Å². The van der Waals surface area contributed by atoms with E-state index in [-0.39, 0.29) is 24.7 Å². The molecule has 31 heavy (non-hydrogen) atoms. The van der Waals surface area contributed by atoms with Crippen LogP contribution in [0, 0.1) is 17.8 Å². The summed E-state index contributed by atoms with van der Waals surface area (Å²) in [5.41, 5.74) is 1.70. The summed E-state index contributed by atoms with van der Waals surface area (Å²) in [6.45, 7) is 3.60. The number of ether oxygens (including phenoxy) is 2. The molecule has 1 aromatic carbocycles. The second-order valence-electron chi connectivity index (χ2n) is 9.24. The van der Waals surface area contributed by atoms with Crippen molar-refractivity contribution in [1.29, 1.82) is 0 Å². The van der Waals surface area contributed by atoms with Crippen molar-refractivity contribution in [3.63, 3.8) is 0 Å². The summed E-state index contributed by atoms with van der Waals surface area (Å²) in [6.07, 6.45) is 7.89. The third-order valence-electron chi connectivity index (χ3n) is 6.96. The molecule has 1 fully saturated rings. The lowest BCUT2D eigenvalue weighted by Crippen LogP contribution is -2.28. The summed E-state index contributed by atoms with van der Waals surface area (Å²) >= 11 is 5.70. The SMILES string of the molecule is CCCCC[C@H](O)CC[C@@H]1[C@H]2Cc3cccc(OCC(=O)OC(C)Cl)c3C[C@H]2C[C@H]1O. The molecule has 6 heteroatoms. The van der Waals surface area contributed by atoms with Crippen LogP contribution in [-0.2, 0) is 22.4 Å². The number of benzene rings is 1. The first-order valence-electron chi connectivity index (χ1n) is 11.8. The van der Waals surface area contributed by atoms with Crippen molar-refractivity contribution < 1.29 is 24.5 Å². The highest BCUT2D eigenvalue weighted by Crippen LogP contribution is 2.48. The summed E-state index contributed by atoms with van der Waals surface area (Å²) in [5.74, 6) is 1.32. The molecular formula is C25H37ClO5. The Kier molecular flexibility index (Phi) is 9.06. The van der Waals surface area contributed by atoms with E-state index in [4.69, 9.17) is 21.1 Å². The van der Waals surface area contributed by atoms with Gasteiger partial charge in [0.05, 0.1) is 12.2 Å². The number of fused-ring (bicyclic) bond motifs is 2. The Bertz CT molecular complexity index is 722. The molecule has 0 aromatic heterocycles. The van der Waals surface area contributed by atoms with E-state index in [0.29, 0.717) is 11.8 Å². The number of halogens is 1. The maximum absolute atomic E-state index is 11.8. The van der Waals surface area contributed by atoms with Gasteiger partial charge in [-0.25, -0.2) is 4.79 Å². The van der Waals surface area contributed by atoms with Crippen LogP contribution in [0.4, 0.5) is 0 Å². The van der Waals surface area contributed by atoms with E-state index < -0.39 is 11.5 Å². The molecule has 0 heterocycles. The van der Waals surface area contributed by atoms with Gasteiger partial charge in [-0.3, -0.25) is 0 Å². The predicted molar refractivity (Wildman–Crippen MR) is 121 cm³/mol. The van der Waals surface area contributed by atoms with Crippen molar-refractivity contribution in [3.05, 3.63) is 29.3 Å². The third kappa shape index (κ3) is 6.59. The number of carbonyl (C=O) groups excluding carboxylic acids is 1. The highest BCUT2D eigenvalue weighted by atomic mass is 35.5. The van der Waals surface area contributed by atoms with Gasteiger partial charge in [0.25, 0.3) is 0 Å². The quantitative estimate of drug-likeness (QED) is 0.291. The minimum absolute atomic E-state index is 0.164. The summed E-state index contributed by atoms with van der Waals surface area (Å²) in [4.78, 5) is 11.8. The molecule has 0 bridgehead atoms. The van der Waals surface area contributed by atoms with E-state index in [1.54, 1.807) is 6.92 Å². The monoisotopic (exact) mass is 452 g/mol. The van der Waals surface area contributed by atoms with E-state index in [2.05, 4.69) is 13.0 Å². The first kappa shape index (κ1) is 24.3. The molecule has 5 nitrogen and oxygen atoms in total. The Hall–Kier alpha value is -1.30. The maximum atomic E-state index is 11.8. The summed E-state index contributed by atoms with van der Waals surface area (Å²) in [6, 6.07) is 5.98. The largest absolute Gasteiger partial charge is 0.482 e. The van der Waals surface area contributed by atoms with Gasteiger partial charge in [0.2, 0.25) is 0 Å². The van der Waals surface area contributed by atoms with Gasteiger partial charge < -0.3 is 19.7 Å². The van der Waals surface area contributed by atoms with E-state index in [0.717, 1.165) is 69.1 Å². The van der Waals surface area contributed by atoms with Gasteiger partial charge in [0.15, 0.2) is 12.2 Å². The second-order valence-corrected chi connectivity index (χ2v) is 9.86. The first-order chi connectivity index (χ1) is 14.9.